The van der Waals surface area contributed by atoms with Gasteiger partial charge in [-0.05, 0) is 105 Å². The largest absolute Gasteiger partial charge is 0.499 e. The summed E-state index contributed by atoms with van der Waals surface area (Å²) in [5.74, 6) is 0. The van der Waals surface area contributed by atoms with Crippen LogP contribution in [0.4, 0.5) is 12.5 Å². The van der Waals surface area contributed by atoms with E-state index in [0.29, 0.717) is 0 Å². The van der Waals surface area contributed by atoms with Gasteiger partial charge in [0.15, 0.2) is 50.4 Å². The van der Waals surface area contributed by atoms with Gasteiger partial charge in [-0.25, -0.2) is 0 Å². The maximum atomic E-state index is 17.9. The van der Waals surface area contributed by atoms with Crippen molar-refractivity contribution in [2.45, 2.75) is 144 Å². The summed E-state index contributed by atoms with van der Waals surface area (Å²) < 4.78 is 66.2. The average Bonchev–Trinajstić information content (AvgIpc) is 2.49. The first-order valence-corrected chi connectivity index (χ1v) is 45.6. The van der Waals surface area contributed by atoms with Crippen LogP contribution < -0.4 is 0 Å². The highest BCUT2D eigenvalue weighted by Crippen LogP contribution is 2.50. The molecular weight excluding hydrogens is 697 g/mol. The molecule has 248 valence electrons. The third-order valence-corrected chi connectivity index (χ3v) is 76.1. The summed E-state index contributed by atoms with van der Waals surface area (Å²) in [5.41, 5.74) is 0. The maximum absolute atomic E-state index is 17.9. The third-order valence-electron chi connectivity index (χ3n) is 9.56. The second-order valence-electron chi connectivity index (χ2n) is 18.5. The van der Waals surface area contributed by atoms with Crippen molar-refractivity contribution in [2.75, 3.05) is 0 Å². The summed E-state index contributed by atoms with van der Waals surface area (Å²) in [7, 11) is -26.7. The molecule has 0 N–H and O–H groups in total. The Hall–Kier alpha value is 1.78. The summed E-state index contributed by atoms with van der Waals surface area (Å²) >= 11 is 0. The van der Waals surface area contributed by atoms with E-state index in [1.807, 2.05) is 0 Å². The first-order valence-electron chi connectivity index (χ1n) is 15.7. The lowest BCUT2D eigenvalue weighted by molar-refractivity contribution is 0.509. The molecule has 2 aliphatic heterocycles. The van der Waals surface area contributed by atoms with Gasteiger partial charge in [0, 0.05) is 0 Å². The van der Waals surface area contributed by atoms with Crippen molar-refractivity contribution in [1.29, 1.82) is 0 Å². The fourth-order valence-corrected chi connectivity index (χ4v) is 106. The van der Waals surface area contributed by atoms with Crippen molar-refractivity contribution in [2.24, 2.45) is 0 Å². The molecule has 2 fully saturated rings. The molecule has 0 atom stereocenters. The molecule has 2 rings (SSSR count). The Morgan fingerprint density at radius 3 is 0.762 bits per heavy atom. The molecule has 0 aliphatic carbocycles. The van der Waals surface area contributed by atoms with Crippen molar-refractivity contribution < 1.29 is 12.5 Å². The van der Waals surface area contributed by atoms with Gasteiger partial charge in [0.05, 0.1) is 0 Å². The molecule has 0 aromatic heterocycles. The van der Waals surface area contributed by atoms with Crippen LogP contribution in [0.2, 0.25) is 144 Å². The first-order chi connectivity index (χ1) is 17.9. The summed E-state index contributed by atoms with van der Waals surface area (Å²) in [6.07, 6.45) is 0. The average molecular weight is 763 g/mol. The van der Waals surface area contributed by atoms with Gasteiger partial charge in [0.2, 0.25) is 0 Å². The monoisotopic (exact) mass is 762 g/mol. The lowest BCUT2D eigenvalue weighted by atomic mass is 10.2. The summed E-state index contributed by atoms with van der Waals surface area (Å²) in [4.78, 5) is 0. The SMILES string of the molecule is C[Si](C)(C)N1[Si](C)(C)N([Si](C)(C)N(B(F)N([Si](C)(C)F)[Si](C)(C)N2[Si](C)(C)N([Si](C)(C)C)[Si]2(C)C)[Si](C)(C)F)[Si]1(C)C. The summed E-state index contributed by atoms with van der Waals surface area (Å²) in [6, 6.07) is 0. The normalized spacial score (nSPS) is 24.6. The zero-order valence-corrected chi connectivity index (χ0v) is 41.4. The Morgan fingerprint density at radius 1 is 0.429 bits per heavy atom. The summed E-state index contributed by atoms with van der Waals surface area (Å²) in [6.45, 7) is 48.8. The molecule has 20 heteroatoms. The molecule has 2 aliphatic rings. The number of halogens is 3. The Bertz CT molecular complexity index is 928. The fourth-order valence-electron chi connectivity index (χ4n) is 11.6. The van der Waals surface area contributed by atoms with Crippen LogP contribution in [-0.2, 0) is 0 Å². The first kappa shape index (κ1) is 40.0. The van der Waals surface area contributed by atoms with Crippen LogP contribution in [0.3, 0.4) is 0 Å². The van der Waals surface area contributed by atoms with E-state index < -0.39 is 91.3 Å². The standard InChI is InChI=1S/C22H66BF3N6Si10/c1-33(2,3)29-39(15,16)31(40(29,17)18)37(11,12)27(35(7,8)25)23(24)28(36(9,10)26)38(13,14)32-41(19,20)30(34(4,5)6)42(32,21)22/h1-22H3. The smallest absolute Gasteiger partial charge is 0.346 e. The molecule has 42 heavy (non-hydrogen) atoms. The van der Waals surface area contributed by atoms with E-state index in [-0.39, 0.29) is 0 Å². The highest BCUT2D eigenvalue weighted by atomic mass is 28.6. The van der Waals surface area contributed by atoms with Gasteiger partial charge in [0.1, 0.15) is 16.5 Å². The molecule has 2 heterocycles. The van der Waals surface area contributed by atoms with E-state index in [4.69, 9.17) is 0 Å². The van der Waals surface area contributed by atoms with Gasteiger partial charge < -0.3 is 23.9 Å². The zero-order valence-electron chi connectivity index (χ0n) is 31.4. The second-order valence-corrected chi connectivity index (χ2v) is 64.3. The third kappa shape index (κ3) is 6.21. The minimum Gasteiger partial charge on any atom is -0.346 e. The van der Waals surface area contributed by atoms with E-state index in [1.54, 1.807) is 34.5 Å². The minimum absolute atomic E-state index is 1.63. The molecule has 0 aromatic rings. The van der Waals surface area contributed by atoms with E-state index in [9.17, 15) is 0 Å². The number of hydrogen-bond donors (Lipinski definition) is 0. The van der Waals surface area contributed by atoms with Crippen LogP contribution in [-0.4, -0.2) is 115 Å². The molecule has 6 nitrogen and oxygen atoms in total. The van der Waals surface area contributed by atoms with Crippen molar-refractivity contribution >= 4 is 91.3 Å². The summed E-state index contributed by atoms with van der Waals surface area (Å²) in [5, 5.41) is 0. The highest BCUT2D eigenvalue weighted by Gasteiger charge is 2.74. The number of hydrogen-bond acceptors (Lipinski definition) is 6. The topological polar surface area (TPSA) is 19.4 Å². The molecule has 0 spiro atoms. The van der Waals surface area contributed by atoms with Crippen molar-refractivity contribution in [1.82, 2.24) is 23.9 Å². The molecule has 0 aromatic carbocycles. The van der Waals surface area contributed by atoms with Gasteiger partial charge in [-0.2, -0.15) is 0 Å². The molecule has 0 unspecified atom stereocenters. The van der Waals surface area contributed by atoms with E-state index >= 15 is 12.5 Å². The van der Waals surface area contributed by atoms with Gasteiger partial charge >= 0.3 is 24.4 Å². The van der Waals surface area contributed by atoms with Gasteiger partial charge in [-0.3, -0.25) is 12.5 Å². The van der Waals surface area contributed by atoms with Crippen LogP contribution in [0.25, 0.3) is 0 Å². The Labute approximate surface area is 270 Å². The van der Waals surface area contributed by atoms with Gasteiger partial charge in [0.25, 0.3) is 0 Å². The van der Waals surface area contributed by atoms with E-state index in [1.165, 1.54) is 0 Å². The van der Waals surface area contributed by atoms with Crippen LogP contribution in [0, 0.1) is 0 Å². The molecule has 0 radical (unpaired) electrons. The zero-order chi connectivity index (χ0) is 34.0. The predicted octanol–water partition coefficient (Wildman–Crippen LogP) is 8.00. The highest BCUT2D eigenvalue weighted by molar-refractivity contribution is 7.23. The number of nitrogens with zero attached hydrogens (tertiary/aromatic N) is 6. The Kier molecular flexibility index (Phi) is 10.4. The number of rotatable bonds is 10. The lowest BCUT2D eigenvalue weighted by Crippen LogP contribution is -3.01. The minimum atomic E-state index is -3.73. The quantitative estimate of drug-likeness (QED) is 0.165. The van der Waals surface area contributed by atoms with Crippen molar-refractivity contribution in [3.63, 3.8) is 0 Å². The lowest BCUT2D eigenvalue weighted by Gasteiger charge is -2.77. The van der Waals surface area contributed by atoms with E-state index in [2.05, 4.69) is 133 Å². The molecule has 0 bridgehead atoms. The van der Waals surface area contributed by atoms with Gasteiger partial charge in [-0.15, -0.1) is 0 Å². The molecular formula is C22H66BF3N6Si10. The molecule has 2 saturated heterocycles. The Balaban J connectivity index is 2.76. The van der Waals surface area contributed by atoms with Crippen molar-refractivity contribution in [3.8, 4) is 0 Å². The van der Waals surface area contributed by atoms with Crippen LogP contribution >= 0.6 is 0 Å². The maximum Gasteiger partial charge on any atom is 0.499 e. The Morgan fingerprint density at radius 2 is 0.619 bits per heavy atom. The van der Waals surface area contributed by atoms with Crippen LogP contribution in [0.15, 0.2) is 0 Å². The van der Waals surface area contributed by atoms with Gasteiger partial charge in [-0.1, -0.05) is 39.3 Å². The second kappa shape index (κ2) is 10.9. The van der Waals surface area contributed by atoms with Crippen LogP contribution in [0.1, 0.15) is 0 Å². The van der Waals surface area contributed by atoms with Crippen molar-refractivity contribution in [3.05, 3.63) is 0 Å². The van der Waals surface area contributed by atoms with Crippen LogP contribution in [0.5, 0.6) is 0 Å². The molecule has 0 amide bonds. The predicted molar refractivity (Wildman–Crippen MR) is 207 cm³/mol. The molecule has 0 saturated carbocycles. The fraction of sp³-hybridized carbons (Fsp3) is 1.00. The van der Waals surface area contributed by atoms with E-state index in [0.717, 1.165) is 0 Å².